The first kappa shape index (κ1) is 32.1. The molecule has 3 fully saturated rings. The van der Waals surface area contributed by atoms with Crippen molar-refractivity contribution in [3.05, 3.63) is 60.1 Å². The fourth-order valence-electron chi connectivity index (χ4n) is 10.2. The maximum absolute atomic E-state index is 4.44. The average Bonchev–Trinajstić information content (AvgIpc) is 3.19. The highest BCUT2D eigenvalue weighted by atomic mass is 14.9. The first-order valence-corrected chi connectivity index (χ1v) is 17.2. The Bertz CT molecular complexity index is 1060. The number of aromatic nitrogens is 1. The van der Waals surface area contributed by atoms with Gasteiger partial charge in [0.25, 0.3) is 0 Å². The zero-order chi connectivity index (χ0) is 28.2. The van der Waals surface area contributed by atoms with Crippen molar-refractivity contribution in [2.75, 3.05) is 6.54 Å². The SMILES string of the molecule is C.C=C(CC)NCCC1CCC23C(=CCC24C2CC=C(c5cccnc5)C2(C)CCC34)C1.CCCCCCCCC. The first-order valence-electron chi connectivity index (χ1n) is 17.2. The summed E-state index contributed by atoms with van der Waals surface area (Å²) in [6.45, 7) is 14.5. The van der Waals surface area contributed by atoms with Crippen molar-refractivity contribution < 1.29 is 0 Å². The highest BCUT2D eigenvalue weighted by molar-refractivity contribution is 5.73. The summed E-state index contributed by atoms with van der Waals surface area (Å²) < 4.78 is 0. The molecule has 2 nitrogen and oxygen atoms in total. The van der Waals surface area contributed by atoms with Crippen molar-refractivity contribution in [1.29, 1.82) is 0 Å². The molecule has 6 unspecified atom stereocenters. The van der Waals surface area contributed by atoms with Gasteiger partial charge in [0.2, 0.25) is 0 Å². The Morgan fingerprint density at radius 1 is 1.00 bits per heavy atom. The summed E-state index contributed by atoms with van der Waals surface area (Å²) in [7, 11) is 0. The minimum Gasteiger partial charge on any atom is -0.389 e. The van der Waals surface area contributed by atoms with E-state index in [1.165, 1.54) is 108 Å². The monoisotopic (exact) mass is 558 g/mol. The molecule has 6 atom stereocenters. The number of allylic oxidation sites excluding steroid dienone is 5. The van der Waals surface area contributed by atoms with Crippen LogP contribution in [0.25, 0.3) is 5.57 Å². The van der Waals surface area contributed by atoms with Gasteiger partial charge in [0.1, 0.15) is 0 Å². The highest BCUT2D eigenvalue weighted by Crippen LogP contribution is 2.90. The second-order valence-corrected chi connectivity index (χ2v) is 14.2. The quantitative estimate of drug-likeness (QED) is 0.204. The molecule has 0 amide bonds. The molecule has 1 aromatic rings. The van der Waals surface area contributed by atoms with Gasteiger partial charge in [0, 0.05) is 30.1 Å². The van der Waals surface area contributed by atoms with Crippen LogP contribution in [0.15, 0.2) is 54.5 Å². The van der Waals surface area contributed by atoms with Gasteiger partial charge in [0.05, 0.1) is 0 Å². The topological polar surface area (TPSA) is 24.9 Å². The Kier molecular flexibility index (Phi) is 10.7. The van der Waals surface area contributed by atoms with Gasteiger partial charge in [0.15, 0.2) is 0 Å². The lowest BCUT2D eigenvalue weighted by molar-refractivity contribution is 0.0986. The summed E-state index contributed by atoms with van der Waals surface area (Å²) in [5.41, 5.74) is 7.53. The minimum atomic E-state index is 0. The van der Waals surface area contributed by atoms with Crippen LogP contribution in [0.1, 0.15) is 143 Å². The Balaban J connectivity index is 0.000000339. The molecular formula is C39H62N2. The van der Waals surface area contributed by atoms with Crippen LogP contribution in [0.4, 0.5) is 0 Å². The zero-order valence-corrected chi connectivity index (χ0v) is 26.4. The number of hydrogen-bond acceptors (Lipinski definition) is 2. The Morgan fingerprint density at radius 2 is 1.76 bits per heavy atom. The van der Waals surface area contributed by atoms with Crippen LogP contribution >= 0.6 is 0 Å². The molecule has 0 radical (unpaired) electrons. The van der Waals surface area contributed by atoms with Crippen molar-refractivity contribution in [2.45, 2.75) is 138 Å². The van der Waals surface area contributed by atoms with E-state index in [0.717, 1.165) is 30.7 Å². The number of pyridine rings is 1. The number of hydrogen-bond donors (Lipinski definition) is 1. The maximum atomic E-state index is 4.44. The van der Waals surface area contributed by atoms with Gasteiger partial charge in [-0.2, -0.15) is 0 Å². The second kappa shape index (κ2) is 13.6. The van der Waals surface area contributed by atoms with Gasteiger partial charge in [-0.1, -0.05) is 110 Å². The van der Waals surface area contributed by atoms with E-state index in [4.69, 9.17) is 0 Å². The third kappa shape index (κ3) is 5.63. The largest absolute Gasteiger partial charge is 0.389 e. The first-order chi connectivity index (χ1) is 19.5. The maximum Gasteiger partial charge on any atom is 0.0343 e. The lowest BCUT2D eigenvalue weighted by Gasteiger charge is -2.44. The van der Waals surface area contributed by atoms with Gasteiger partial charge in [-0.15, -0.1) is 0 Å². The normalized spacial score (nSPS) is 33.9. The minimum absolute atomic E-state index is 0. The molecule has 1 N–H and O–H groups in total. The summed E-state index contributed by atoms with van der Waals surface area (Å²) in [5.74, 6) is 2.67. The molecule has 5 aliphatic rings. The van der Waals surface area contributed by atoms with Gasteiger partial charge in [-0.3, -0.25) is 4.98 Å². The molecule has 0 aliphatic heterocycles. The summed E-state index contributed by atoms with van der Waals surface area (Å²) in [6.07, 6.45) is 31.3. The molecule has 2 heteroatoms. The number of fused-ring (bicyclic) bond motifs is 1. The van der Waals surface area contributed by atoms with Crippen LogP contribution in [-0.2, 0) is 0 Å². The lowest BCUT2D eigenvalue weighted by Crippen LogP contribution is -2.37. The number of nitrogens with zero attached hydrogens (tertiary/aromatic N) is 1. The van der Waals surface area contributed by atoms with Crippen molar-refractivity contribution in [2.24, 2.45) is 34.0 Å². The smallest absolute Gasteiger partial charge is 0.0343 e. The van der Waals surface area contributed by atoms with Gasteiger partial charge in [-0.05, 0) is 104 Å². The van der Waals surface area contributed by atoms with E-state index in [1.807, 2.05) is 11.8 Å². The van der Waals surface area contributed by atoms with Crippen LogP contribution in [0.5, 0.6) is 0 Å². The van der Waals surface area contributed by atoms with Crippen molar-refractivity contribution in [3.63, 3.8) is 0 Å². The summed E-state index contributed by atoms with van der Waals surface area (Å²) in [6, 6.07) is 4.39. The van der Waals surface area contributed by atoms with Crippen LogP contribution in [-0.4, -0.2) is 11.5 Å². The number of nitrogens with one attached hydrogen (secondary N) is 1. The van der Waals surface area contributed by atoms with Crippen molar-refractivity contribution >= 4 is 5.57 Å². The molecule has 0 saturated heterocycles. The van der Waals surface area contributed by atoms with Crippen LogP contribution in [0.2, 0.25) is 0 Å². The number of rotatable bonds is 12. The van der Waals surface area contributed by atoms with Crippen molar-refractivity contribution in [3.8, 4) is 0 Å². The lowest BCUT2D eigenvalue weighted by atomic mass is 9.59. The zero-order valence-electron chi connectivity index (χ0n) is 26.4. The van der Waals surface area contributed by atoms with Gasteiger partial charge in [-0.25, -0.2) is 0 Å². The molecular weight excluding hydrogens is 496 g/mol. The molecule has 6 rings (SSSR count). The van der Waals surface area contributed by atoms with Gasteiger partial charge < -0.3 is 5.32 Å². The molecule has 5 aliphatic carbocycles. The Labute approximate surface area is 254 Å². The van der Waals surface area contributed by atoms with E-state index in [0.29, 0.717) is 16.2 Å². The molecule has 41 heavy (non-hydrogen) atoms. The van der Waals surface area contributed by atoms with E-state index in [-0.39, 0.29) is 7.43 Å². The third-order valence-corrected chi connectivity index (χ3v) is 12.2. The van der Waals surface area contributed by atoms with E-state index in [1.54, 1.807) is 5.57 Å². The predicted molar refractivity (Wildman–Crippen MR) is 179 cm³/mol. The fourth-order valence-corrected chi connectivity index (χ4v) is 10.2. The van der Waals surface area contributed by atoms with Crippen molar-refractivity contribution in [1.82, 2.24) is 10.3 Å². The Hall–Kier alpha value is -1.83. The molecule has 1 aromatic heterocycles. The highest BCUT2D eigenvalue weighted by Gasteiger charge is 2.83. The van der Waals surface area contributed by atoms with E-state index >= 15 is 0 Å². The summed E-state index contributed by atoms with van der Waals surface area (Å²) in [5, 5.41) is 3.54. The molecule has 228 valence electrons. The standard InChI is InChI=1S/C29H38N2.C9H20.CH4/c1-4-20(2)31-17-12-21-9-14-28-23(18-21)10-15-29(28)25-8-7-24(22-6-5-16-30-19-22)27(25,3)13-11-26(28)29;1-3-5-7-9-8-6-4-2;/h5-7,10,16,19,21,25-26,31H,2,4,8-9,11-15,17-18H2,1,3H3;3-9H2,1-2H3;1H4. The average molecular weight is 559 g/mol. The van der Waals surface area contributed by atoms with E-state index in [9.17, 15) is 0 Å². The number of unbranched alkanes of at least 4 members (excludes halogenated alkanes) is 6. The van der Waals surface area contributed by atoms with E-state index < -0.39 is 0 Å². The molecule has 0 aromatic carbocycles. The summed E-state index contributed by atoms with van der Waals surface area (Å²) >= 11 is 0. The predicted octanol–water partition coefficient (Wildman–Crippen LogP) is 11.3. The molecule has 2 spiro atoms. The van der Waals surface area contributed by atoms with Crippen LogP contribution in [0, 0.1) is 34.0 Å². The molecule has 1 heterocycles. The van der Waals surface area contributed by atoms with E-state index in [2.05, 4.69) is 75.1 Å². The summed E-state index contributed by atoms with van der Waals surface area (Å²) in [4.78, 5) is 4.44. The fraction of sp³-hybridized carbons (Fsp3) is 0.718. The molecule has 0 bridgehead atoms. The van der Waals surface area contributed by atoms with Crippen LogP contribution in [0.3, 0.4) is 0 Å². The molecule has 3 saturated carbocycles. The van der Waals surface area contributed by atoms with Gasteiger partial charge >= 0.3 is 0 Å². The Morgan fingerprint density at radius 3 is 2.44 bits per heavy atom. The second-order valence-electron chi connectivity index (χ2n) is 14.2. The van der Waals surface area contributed by atoms with Crippen LogP contribution < -0.4 is 5.32 Å². The third-order valence-electron chi connectivity index (χ3n) is 12.2.